The number of hydrogen-bond acceptors (Lipinski definition) is 2. The molecular weight excluding hydrogens is 148 g/mol. The van der Waals surface area contributed by atoms with E-state index in [0.717, 1.165) is 12.1 Å². The van der Waals surface area contributed by atoms with Crippen LogP contribution in [0.1, 0.15) is 19.0 Å². The van der Waals surface area contributed by atoms with Crippen molar-refractivity contribution in [2.24, 2.45) is 5.73 Å². The van der Waals surface area contributed by atoms with Gasteiger partial charge in [0.1, 0.15) is 0 Å². The van der Waals surface area contributed by atoms with E-state index in [1.54, 1.807) is 6.20 Å². The highest BCUT2D eigenvalue weighted by atomic mass is 14.7. The molecule has 0 saturated heterocycles. The van der Waals surface area contributed by atoms with Gasteiger partial charge in [-0.3, -0.25) is 4.98 Å². The number of nitrogens with zero attached hydrogens (tertiary/aromatic N) is 1. The van der Waals surface area contributed by atoms with E-state index in [1.165, 1.54) is 5.57 Å². The molecule has 0 unspecified atom stereocenters. The Bertz CT molecular complexity index is 252. The number of aromatic nitrogens is 1. The molecule has 1 aromatic rings. The Labute approximate surface area is 73.1 Å². The normalized spacial score (nSPS) is 11.7. The molecule has 2 nitrogen and oxygen atoms in total. The minimum Gasteiger partial charge on any atom is -0.330 e. The molecule has 1 heterocycles. The molecule has 0 saturated carbocycles. The average Bonchev–Trinajstić information content (AvgIpc) is 2.15. The number of hydrogen-bond donors (Lipinski definition) is 1. The fraction of sp³-hybridized carbons (Fsp3) is 0.300. The van der Waals surface area contributed by atoms with Crippen molar-refractivity contribution in [1.82, 2.24) is 4.98 Å². The second kappa shape index (κ2) is 4.67. The predicted octanol–water partition coefficient (Wildman–Crippen LogP) is 1.83. The zero-order valence-electron chi connectivity index (χ0n) is 7.33. The molecule has 12 heavy (non-hydrogen) atoms. The fourth-order valence-corrected chi connectivity index (χ4v) is 1.00. The van der Waals surface area contributed by atoms with Crippen molar-refractivity contribution in [3.05, 3.63) is 36.2 Å². The Morgan fingerprint density at radius 2 is 2.42 bits per heavy atom. The van der Waals surface area contributed by atoms with E-state index < -0.39 is 0 Å². The molecule has 0 fully saturated rings. The van der Waals surface area contributed by atoms with Crippen LogP contribution in [0.25, 0.3) is 5.57 Å². The van der Waals surface area contributed by atoms with Crippen molar-refractivity contribution in [1.29, 1.82) is 0 Å². The van der Waals surface area contributed by atoms with Gasteiger partial charge in [-0.2, -0.15) is 0 Å². The third kappa shape index (κ3) is 2.47. The van der Waals surface area contributed by atoms with Gasteiger partial charge in [0.25, 0.3) is 0 Å². The van der Waals surface area contributed by atoms with Crippen LogP contribution in [0, 0.1) is 0 Å². The van der Waals surface area contributed by atoms with Gasteiger partial charge in [0, 0.05) is 6.20 Å². The Morgan fingerprint density at radius 1 is 1.58 bits per heavy atom. The van der Waals surface area contributed by atoms with Gasteiger partial charge in [0.15, 0.2) is 0 Å². The van der Waals surface area contributed by atoms with Crippen LogP contribution >= 0.6 is 0 Å². The third-order valence-electron chi connectivity index (χ3n) is 1.69. The summed E-state index contributed by atoms with van der Waals surface area (Å²) in [6.07, 6.45) is 4.83. The summed E-state index contributed by atoms with van der Waals surface area (Å²) < 4.78 is 0. The predicted molar refractivity (Wildman–Crippen MR) is 51.6 cm³/mol. The molecule has 1 aromatic heterocycles. The van der Waals surface area contributed by atoms with Crippen molar-refractivity contribution in [2.45, 2.75) is 13.3 Å². The molecule has 0 radical (unpaired) electrons. The molecule has 0 bridgehead atoms. The molecule has 0 aromatic carbocycles. The third-order valence-corrected chi connectivity index (χ3v) is 1.69. The van der Waals surface area contributed by atoms with Crippen molar-refractivity contribution < 1.29 is 0 Å². The van der Waals surface area contributed by atoms with E-state index >= 15 is 0 Å². The maximum atomic E-state index is 5.39. The first-order valence-electron chi connectivity index (χ1n) is 4.13. The van der Waals surface area contributed by atoms with Gasteiger partial charge in [-0.1, -0.05) is 12.1 Å². The zero-order valence-corrected chi connectivity index (χ0v) is 7.33. The van der Waals surface area contributed by atoms with Crippen molar-refractivity contribution in [3.63, 3.8) is 0 Å². The molecule has 2 N–H and O–H groups in total. The van der Waals surface area contributed by atoms with Crippen LogP contribution in [0.15, 0.2) is 30.5 Å². The Hall–Kier alpha value is -1.15. The highest BCUT2D eigenvalue weighted by Crippen LogP contribution is 2.09. The molecule has 0 atom stereocenters. The number of allylic oxidation sites excluding steroid dienone is 1. The highest BCUT2D eigenvalue weighted by Gasteiger charge is 1.92. The fourth-order valence-electron chi connectivity index (χ4n) is 1.00. The smallest absolute Gasteiger partial charge is 0.0655 e. The maximum absolute atomic E-state index is 5.39. The maximum Gasteiger partial charge on any atom is 0.0655 e. The molecular formula is C10H14N2. The topological polar surface area (TPSA) is 38.9 Å². The second-order valence-corrected chi connectivity index (χ2v) is 2.68. The summed E-state index contributed by atoms with van der Waals surface area (Å²) in [6, 6.07) is 5.91. The monoisotopic (exact) mass is 162 g/mol. The Balaban J connectivity index is 2.71. The van der Waals surface area contributed by atoms with Crippen LogP contribution in [-0.2, 0) is 0 Å². The standard InChI is InChI=1S/C10H14N2/c1-9(5-4-7-11)10-6-2-3-8-12-10/h2-3,5-6,8H,4,7,11H2,1H3. The van der Waals surface area contributed by atoms with Crippen molar-refractivity contribution >= 4 is 5.57 Å². The van der Waals surface area contributed by atoms with Gasteiger partial charge >= 0.3 is 0 Å². The van der Waals surface area contributed by atoms with Gasteiger partial charge in [-0.25, -0.2) is 0 Å². The summed E-state index contributed by atoms with van der Waals surface area (Å²) in [5.74, 6) is 0. The van der Waals surface area contributed by atoms with E-state index in [4.69, 9.17) is 5.73 Å². The van der Waals surface area contributed by atoms with Gasteiger partial charge in [-0.05, 0) is 37.6 Å². The summed E-state index contributed by atoms with van der Waals surface area (Å²) in [4.78, 5) is 4.22. The zero-order chi connectivity index (χ0) is 8.81. The van der Waals surface area contributed by atoms with Crippen LogP contribution in [0.4, 0.5) is 0 Å². The first kappa shape index (κ1) is 8.94. The second-order valence-electron chi connectivity index (χ2n) is 2.68. The number of rotatable bonds is 3. The number of pyridine rings is 1. The minimum absolute atomic E-state index is 0.699. The molecule has 64 valence electrons. The van der Waals surface area contributed by atoms with E-state index in [2.05, 4.69) is 18.0 Å². The SMILES string of the molecule is CC(=CCCN)c1ccccn1. The van der Waals surface area contributed by atoms with Crippen LogP contribution in [0.5, 0.6) is 0 Å². The first-order chi connectivity index (χ1) is 5.84. The Morgan fingerprint density at radius 3 is 3.00 bits per heavy atom. The molecule has 2 heteroatoms. The van der Waals surface area contributed by atoms with E-state index in [-0.39, 0.29) is 0 Å². The number of nitrogens with two attached hydrogens (primary N) is 1. The lowest BCUT2D eigenvalue weighted by atomic mass is 10.1. The van der Waals surface area contributed by atoms with Crippen LogP contribution in [-0.4, -0.2) is 11.5 Å². The summed E-state index contributed by atoms with van der Waals surface area (Å²) in [5.41, 5.74) is 7.62. The van der Waals surface area contributed by atoms with Crippen molar-refractivity contribution in [3.8, 4) is 0 Å². The van der Waals surface area contributed by atoms with Crippen LogP contribution in [0.3, 0.4) is 0 Å². The minimum atomic E-state index is 0.699. The van der Waals surface area contributed by atoms with Crippen molar-refractivity contribution in [2.75, 3.05) is 6.54 Å². The largest absolute Gasteiger partial charge is 0.330 e. The molecule has 0 aliphatic carbocycles. The molecule has 0 aliphatic rings. The van der Waals surface area contributed by atoms with Gasteiger partial charge < -0.3 is 5.73 Å². The first-order valence-corrected chi connectivity index (χ1v) is 4.13. The van der Waals surface area contributed by atoms with E-state index in [0.29, 0.717) is 6.54 Å². The summed E-state index contributed by atoms with van der Waals surface area (Å²) in [7, 11) is 0. The van der Waals surface area contributed by atoms with Gasteiger partial charge in [0.2, 0.25) is 0 Å². The summed E-state index contributed by atoms with van der Waals surface area (Å²) in [5, 5.41) is 0. The molecule has 0 spiro atoms. The highest BCUT2D eigenvalue weighted by molar-refractivity contribution is 5.59. The van der Waals surface area contributed by atoms with Crippen LogP contribution < -0.4 is 5.73 Å². The van der Waals surface area contributed by atoms with E-state index in [9.17, 15) is 0 Å². The van der Waals surface area contributed by atoms with Gasteiger partial charge in [0.05, 0.1) is 5.69 Å². The average molecular weight is 162 g/mol. The summed E-state index contributed by atoms with van der Waals surface area (Å²) in [6.45, 7) is 2.75. The lowest BCUT2D eigenvalue weighted by molar-refractivity contribution is 1.01. The van der Waals surface area contributed by atoms with Gasteiger partial charge in [-0.15, -0.1) is 0 Å². The van der Waals surface area contributed by atoms with E-state index in [1.807, 2.05) is 18.2 Å². The van der Waals surface area contributed by atoms with Crippen LogP contribution in [0.2, 0.25) is 0 Å². The summed E-state index contributed by atoms with van der Waals surface area (Å²) >= 11 is 0. The molecule has 0 aliphatic heterocycles. The lowest BCUT2D eigenvalue weighted by Crippen LogP contribution is -1.96. The Kier molecular flexibility index (Phi) is 3.48. The molecule has 1 rings (SSSR count). The molecule has 0 amide bonds. The quantitative estimate of drug-likeness (QED) is 0.736. The lowest BCUT2D eigenvalue weighted by Gasteiger charge is -1.98.